The van der Waals surface area contributed by atoms with E-state index in [-0.39, 0.29) is 4.90 Å². The summed E-state index contributed by atoms with van der Waals surface area (Å²) in [5, 5.41) is 0.868. The number of hydrogen-bond acceptors (Lipinski definition) is 5. The van der Waals surface area contributed by atoms with E-state index in [1.54, 1.807) is 18.3 Å². The quantitative estimate of drug-likeness (QED) is 0.874. The first kappa shape index (κ1) is 16.2. The summed E-state index contributed by atoms with van der Waals surface area (Å²) in [6, 6.07) is 6.01. The van der Waals surface area contributed by atoms with Crippen LogP contribution in [0.2, 0.25) is 5.02 Å². The van der Waals surface area contributed by atoms with E-state index in [0.29, 0.717) is 10.2 Å². The van der Waals surface area contributed by atoms with Crippen LogP contribution < -0.4 is 4.72 Å². The molecule has 0 bridgehead atoms. The van der Waals surface area contributed by atoms with Gasteiger partial charge in [-0.3, -0.25) is 4.72 Å². The van der Waals surface area contributed by atoms with E-state index in [2.05, 4.69) is 14.6 Å². The van der Waals surface area contributed by atoms with Crippen LogP contribution in [-0.2, 0) is 16.4 Å². The second-order valence-electron chi connectivity index (χ2n) is 4.74. The number of sulfonamides is 1. The summed E-state index contributed by atoms with van der Waals surface area (Å²) >= 11 is 7.10. The van der Waals surface area contributed by atoms with Gasteiger partial charge in [0.2, 0.25) is 0 Å². The minimum absolute atomic E-state index is 0.164. The molecule has 0 aliphatic heterocycles. The molecule has 1 aromatic heterocycles. The third-order valence-electron chi connectivity index (χ3n) is 2.70. The molecule has 0 amide bonds. The molecule has 0 aliphatic carbocycles. The van der Waals surface area contributed by atoms with Crippen molar-refractivity contribution in [2.75, 3.05) is 25.4 Å². The van der Waals surface area contributed by atoms with Gasteiger partial charge in [0.15, 0.2) is 5.13 Å². The molecule has 2 aromatic rings. The molecular formula is C13H16ClN3O2S2. The molecule has 5 nitrogen and oxygen atoms in total. The smallest absolute Gasteiger partial charge is 0.263 e. The summed E-state index contributed by atoms with van der Waals surface area (Å²) < 4.78 is 26.9. The van der Waals surface area contributed by atoms with E-state index >= 15 is 0 Å². The number of aromatic nitrogens is 1. The van der Waals surface area contributed by atoms with Gasteiger partial charge in [-0.2, -0.15) is 0 Å². The van der Waals surface area contributed by atoms with Crippen LogP contribution in [0.4, 0.5) is 5.13 Å². The maximum Gasteiger partial charge on any atom is 0.263 e. The van der Waals surface area contributed by atoms with E-state index in [1.165, 1.54) is 23.5 Å². The van der Waals surface area contributed by atoms with E-state index in [1.807, 2.05) is 14.1 Å². The minimum Gasteiger partial charge on any atom is -0.309 e. The molecule has 0 aliphatic rings. The lowest BCUT2D eigenvalue weighted by molar-refractivity contribution is 0.415. The fourth-order valence-corrected chi connectivity index (χ4v) is 3.76. The van der Waals surface area contributed by atoms with Gasteiger partial charge in [0.25, 0.3) is 10.0 Å². The number of benzene rings is 1. The molecule has 0 saturated heterocycles. The number of nitrogens with one attached hydrogen (secondary N) is 1. The maximum atomic E-state index is 12.2. The lowest BCUT2D eigenvalue weighted by Crippen LogP contribution is -2.14. The molecule has 1 heterocycles. The molecule has 0 atom stereocenters. The van der Waals surface area contributed by atoms with Gasteiger partial charge in [0.05, 0.1) is 4.90 Å². The lowest BCUT2D eigenvalue weighted by atomic mass is 10.4. The number of rotatable bonds is 6. The Kier molecular flexibility index (Phi) is 5.21. The Morgan fingerprint density at radius 2 is 1.95 bits per heavy atom. The first-order valence-electron chi connectivity index (χ1n) is 6.24. The van der Waals surface area contributed by atoms with Gasteiger partial charge in [-0.1, -0.05) is 11.6 Å². The maximum absolute atomic E-state index is 12.2. The van der Waals surface area contributed by atoms with Crippen LogP contribution >= 0.6 is 22.9 Å². The zero-order chi connectivity index (χ0) is 15.5. The molecule has 114 valence electrons. The minimum atomic E-state index is -3.62. The summed E-state index contributed by atoms with van der Waals surface area (Å²) in [6.45, 7) is 0.894. The zero-order valence-electron chi connectivity index (χ0n) is 11.7. The number of thiazole rings is 1. The zero-order valence-corrected chi connectivity index (χ0v) is 14.1. The molecule has 0 spiro atoms. The fraction of sp³-hybridized carbons (Fsp3) is 0.308. The SMILES string of the molecule is CN(C)CCc1cnc(NS(=O)(=O)c2ccc(Cl)cc2)s1. The normalized spacial score (nSPS) is 11.8. The molecule has 2 rings (SSSR count). The Hall–Kier alpha value is -1.15. The van der Waals surface area contributed by atoms with Gasteiger partial charge in [-0.15, -0.1) is 11.3 Å². The first-order valence-corrected chi connectivity index (χ1v) is 8.92. The standard InChI is InChI=1S/C13H16ClN3O2S2/c1-17(2)8-7-11-9-15-13(20-11)16-21(18,19)12-5-3-10(14)4-6-12/h3-6,9H,7-8H2,1-2H3,(H,15,16). The topological polar surface area (TPSA) is 62.3 Å². The van der Waals surface area contributed by atoms with E-state index < -0.39 is 10.0 Å². The molecule has 0 radical (unpaired) electrons. The van der Waals surface area contributed by atoms with Crippen molar-refractivity contribution in [2.45, 2.75) is 11.3 Å². The second-order valence-corrected chi connectivity index (χ2v) is 7.98. The molecule has 21 heavy (non-hydrogen) atoms. The average Bonchev–Trinajstić information content (AvgIpc) is 2.84. The van der Waals surface area contributed by atoms with Gasteiger partial charge in [0, 0.05) is 22.6 Å². The first-order chi connectivity index (χ1) is 9.87. The highest BCUT2D eigenvalue weighted by atomic mass is 35.5. The Labute approximate surface area is 133 Å². The van der Waals surface area contributed by atoms with E-state index in [0.717, 1.165) is 17.8 Å². The highest BCUT2D eigenvalue weighted by Crippen LogP contribution is 2.23. The third-order valence-corrected chi connectivity index (χ3v) is 5.41. The summed E-state index contributed by atoms with van der Waals surface area (Å²) in [7, 11) is 0.363. The van der Waals surface area contributed by atoms with Crippen LogP contribution in [-0.4, -0.2) is 38.9 Å². The van der Waals surface area contributed by atoms with Crippen molar-refractivity contribution in [1.82, 2.24) is 9.88 Å². The van der Waals surface area contributed by atoms with E-state index in [4.69, 9.17) is 11.6 Å². The Morgan fingerprint density at radius 1 is 1.29 bits per heavy atom. The van der Waals surface area contributed by atoms with Gasteiger partial charge in [-0.05, 0) is 44.8 Å². The van der Waals surface area contributed by atoms with Crippen LogP contribution in [0.5, 0.6) is 0 Å². The molecule has 0 fully saturated rings. The predicted octanol–water partition coefficient (Wildman–Crippen LogP) is 2.70. The summed E-state index contributed by atoms with van der Waals surface area (Å²) in [5.41, 5.74) is 0. The Balaban J connectivity index is 2.08. The average molecular weight is 346 g/mol. The highest BCUT2D eigenvalue weighted by molar-refractivity contribution is 7.93. The monoisotopic (exact) mass is 345 g/mol. The van der Waals surface area contributed by atoms with Crippen molar-refractivity contribution in [2.24, 2.45) is 0 Å². The number of hydrogen-bond donors (Lipinski definition) is 1. The largest absolute Gasteiger partial charge is 0.309 e. The third kappa shape index (κ3) is 4.67. The lowest BCUT2D eigenvalue weighted by Gasteiger charge is -2.07. The Morgan fingerprint density at radius 3 is 2.57 bits per heavy atom. The molecular weight excluding hydrogens is 330 g/mol. The van der Waals surface area contributed by atoms with Crippen molar-refractivity contribution in [3.63, 3.8) is 0 Å². The van der Waals surface area contributed by atoms with Crippen LogP contribution in [0.1, 0.15) is 4.88 Å². The van der Waals surface area contributed by atoms with Crippen LogP contribution in [0.25, 0.3) is 0 Å². The van der Waals surface area contributed by atoms with Crippen molar-refractivity contribution >= 4 is 38.1 Å². The van der Waals surface area contributed by atoms with Crippen LogP contribution in [0.3, 0.4) is 0 Å². The van der Waals surface area contributed by atoms with Crippen molar-refractivity contribution in [3.05, 3.63) is 40.4 Å². The highest BCUT2D eigenvalue weighted by Gasteiger charge is 2.16. The molecule has 0 unspecified atom stereocenters. The van der Waals surface area contributed by atoms with Gasteiger partial charge in [0.1, 0.15) is 0 Å². The van der Waals surface area contributed by atoms with Gasteiger partial charge in [-0.25, -0.2) is 13.4 Å². The van der Waals surface area contributed by atoms with Crippen molar-refractivity contribution in [1.29, 1.82) is 0 Å². The molecule has 8 heteroatoms. The molecule has 1 N–H and O–H groups in total. The number of likely N-dealkylation sites (N-methyl/N-ethyl adjacent to an activating group) is 1. The summed E-state index contributed by atoms with van der Waals surface area (Å²) in [4.78, 5) is 7.38. The van der Waals surface area contributed by atoms with Crippen molar-refractivity contribution < 1.29 is 8.42 Å². The molecule has 1 aromatic carbocycles. The van der Waals surface area contributed by atoms with Gasteiger partial charge < -0.3 is 4.90 Å². The van der Waals surface area contributed by atoms with Crippen molar-refractivity contribution in [3.8, 4) is 0 Å². The second kappa shape index (κ2) is 6.74. The number of nitrogens with zero attached hydrogens (tertiary/aromatic N) is 2. The van der Waals surface area contributed by atoms with Crippen LogP contribution in [0, 0.1) is 0 Å². The fourth-order valence-electron chi connectivity index (χ4n) is 1.59. The summed E-state index contributed by atoms with van der Waals surface area (Å²) in [6.07, 6.45) is 2.54. The predicted molar refractivity (Wildman–Crippen MR) is 86.6 cm³/mol. The Bertz CT molecular complexity index is 696. The number of anilines is 1. The summed E-state index contributed by atoms with van der Waals surface area (Å²) in [5.74, 6) is 0. The van der Waals surface area contributed by atoms with Crippen LogP contribution in [0.15, 0.2) is 35.4 Å². The molecule has 0 saturated carbocycles. The number of halogens is 1. The van der Waals surface area contributed by atoms with E-state index in [9.17, 15) is 8.42 Å². The van der Waals surface area contributed by atoms with Gasteiger partial charge >= 0.3 is 0 Å².